The van der Waals surface area contributed by atoms with Gasteiger partial charge in [-0.1, -0.05) is 18.2 Å². The molecule has 2 unspecified atom stereocenters. The summed E-state index contributed by atoms with van der Waals surface area (Å²) < 4.78 is 40.1. The molecule has 1 heterocycles. The maximum Gasteiger partial charge on any atom is 0.431 e. The first-order valence-electron chi connectivity index (χ1n) is 8.09. The van der Waals surface area contributed by atoms with Gasteiger partial charge in [0.25, 0.3) is 0 Å². The second-order valence-corrected chi connectivity index (χ2v) is 7.00. The van der Waals surface area contributed by atoms with E-state index in [-0.39, 0.29) is 16.5 Å². The Hall–Kier alpha value is -2.20. The summed E-state index contributed by atoms with van der Waals surface area (Å²) in [5, 5.41) is 11.9. The number of aliphatic carboxylic acids is 1. The quantitative estimate of drug-likeness (QED) is 0.541. The number of hydrogen-bond donors (Lipinski definition) is 4. The van der Waals surface area contributed by atoms with E-state index in [2.05, 4.69) is 10.3 Å². The van der Waals surface area contributed by atoms with E-state index in [0.717, 1.165) is 0 Å². The van der Waals surface area contributed by atoms with E-state index in [1.54, 1.807) is 12.1 Å². The van der Waals surface area contributed by atoms with Crippen LogP contribution in [-0.2, 0) is 22.2 Å². The Morgan fingerprint density at radius 3 is 2.59 bits per heavy atom. The zero-order valence-electron chi connectivity index (χ0n) is 14.5. The molecule has 0 bridgehead atoms. The Kier molecular flexibility index (Phi) is 6.77. The minimum atomic E-state index is -4.68. The van der Waals surface area contributed by atoms with Crippen molar-refractivity contribution >= 4 is 34.5 Å². The van der Waals surface area contributed by atoms with Gasteiger partial charge in [0.05, 0.1) is 6.04 Å². The number of halogens is 3. The van der Waals surface area contributed by atoms with Crippen LogP contribution < -0.4 is 11.1 Å². The molecule has 0 saturated heterocycles. The smallest absolute Gasteiger partial charge is 0.431 e. The number of aromatic nitrogens is 1. The number of nitrogens with two attached hydrogens (primary N) is 1. The van der Waals surface area contributed by atoms with Gasteiger partial charge < -0.3 is 21.1 Å². The average Bonchev–Trinajstić information content (AvgIpc) is 2.97. The second-order valence-electron chi connectivity index (χ2n) is 6.01. The van der Waals surface area contributed by atoms with Crippen LogP contribution in [0.1, 0.15) is 17.7 Å². The molecule has 0 saturated carbocycles. The van der Waals surface area contributed by atoms with E-state index in [9.17, 15) is 27.9 Å². The van der Waals surface area contributed by atoms with Crippen LogP contribution in [0, 0.1) is 0 Å². The monoisotopic (exact) mass is 403 g/mol. The van der Waals surface area contributed by atoms with Gasteiger partial charge in [0.2, 0.25) is 5.91 Å². The van der Waals surface area contributed by atoms with E-state index in [4.69, 9.17) is 5.73 Å². The number of thioether (sulfide) groups is 1. The van der Waals surface area contributed by atoms with Gasteiger partial charge in [0, 0.05) is 17.3 Å². The summed E-state index contributed by atoms with van der Waals surface area (Å²) in [6, 6.07) is 3.63. The zero-order valence-corrected chi connectivity index (χ0v) is 15.3. The topological polar surface area (TPSA) is 108 Å². The van der Waals surface area contributed by atoms with Gasteiger partial charge in [-0.15, -0.1) is 0 Å². The molecule has 1 aromatic carbocycles. The van der Waals surface area contributed by atoms with Crippen LogP contribution in [-0.4, -0.2) is 46.1 Å². The molecule has 27 heavy (non-hydrogen) atoms. The first-order chi connectivity index (χ1) is 12.6. The highest BCUT2D eigenvalue weighted by atomic mass is 32.2. The molecule has 2 rings (SSSR count). The molecule has 148 valence electrons. The number of alkyl halides is 3. The summed E-state index contributed by atoms with van der Waals surface area (Å²) in [5.74, 6) is -1.53. The van der Waals surface area contributed by atoms with Crippen LogP contribution in [0.5, 0.6) is 0 Å². The molecule has 1 amide bonds. The Morgan fingerprint density at radius 1 is 1.33 bits per heavy atom. The summed E-state index contributed by atoms with van der Waals surface area (Å²) in [6.07, 6.45) is -3.04. The number of H-pyrrole nitrogens is 1. The molecule has 5 N–H and O–H groups in total. The SMILES string of the molecule is CSCCC(N)C(=O)NC(Cc1c(C(F)(F)F)[nH]c2ccccc12)C(=O)O. The van der Waals surface area contributed by atoms with Crippen molar-refractivity contribution in [1.29, 1.82) is 0 Å². The molecule has 0 aliphatic rings. The Morgan fingerprint density at radius 2 is 2.00 bits per heavy atom. The molecule has 0 radical (unpaired) electrons. The number of carbonyl (C=O) groups is 2. The van der Waals surface area contributed by atoms with Crippen molar-refractivity contribution in [2.45, 2.75) is 31.1 Å². The molecule has 2 aromatic rings. The summed E-state index contributed by atoms with van der Waals surface area (Å²) in [5.41, 5.74) is 4.73. The van der Waals surface area contributed by atoms with Crippen LogP contribution in [0.2, 0.25) is 0 Å². The minimum Gasteiger partial charge on any atom is -0.480 e. The highest BCUT2D eigenvalue weighted by molar-refractivity contribution is 7.98. The number of para-hydroxylation sites is 1. The number of fused-ring (bicyclic) bond motifs is 1. The maximum atomic E-state index is 13.4. The van der Waals surface area contributed by atoms with Crippen LogP contribution in [0.15, 0.2) is 24.3 Å². The lowest BCUT2D eigenvalue weighted by atomic mass is 10.0. The highest BCUT2D eigenvalue weighted by Gasteiger charge is 2.38. The average molecular weight is 403 g/mol. The Labute approximate surface area is 157 Å². The van der Waals surface area contributed by atoms with Crippen molar-refractivity contribution < 1.29 is 27.9 Å². The number of benzene rings is 1. The molecule has 0 aliphatic carbocycles. The summed E-state index contributed by atoms with van der Waals surface area (Å²) in [7, 11) is 0. The van der Waals surface area contributed by atoms with Crippen molar-refractivity contribution in [3.05, 3.63) is 35.5 Å². The molecule has 0 aliphatic heterocycles. The Bertz CT molecular complexity index is 823. The van der Waals surface area contributed by atoms with Gasteiger partial charge in [-0.2, -0.15) is 24.9 Å². The van der Waals surface area contributed by atoms with Crippen molar-refractivity contribution in [3.8, 4) is 0 Å². The fourth-order valence-corrected chi connectivity index (χ4v) is 3.20. The first-order valence-corrected chi connectivity index (χ1v) is 9.49. The lowest BCUT2D eigenvalue weighted by molar-refractivity contribution is -0.144. The molecule has 6 nitrogen and oxygen atoms in total. The number of rotatable bonds is 8. The predicted octanol–water partition coefficient (Wildman–Crippen LogP) is 2.38. The number of nitrogens with one attached hydrogen (secondary N) is 2. The summed E-state index contributed by atoms with van der Waals surface area (Å²) >= 11 is 1.48. The normalized spacial score (nSPS) is 14.1. The number of carboxylic acids is 1. The number of carboxylic acid groups (broad SMARTS) is 1. The first kappa shape index (κ1) is 21.1. The number of carbonyl (C=O) groups excluding carboxylic acids is 1. The lowest BCUT2D eigenvalue weighted by Gasteiger charge is -2.18. The van der Waals surface area contributed by atoms with Gasteiger partial charge in [-0.25, -0.2) is 4.79 Å². The van der Waals surface area contributed by atoms with Gasteiger partial charge in [0.15, 0.2) is 0 Å². The van der Waals surface area contributed by atoms with E-state index >= 15 is 0 Å². The van der Waals surface area contributed by atoms with Crippen molar-refractivity contribution in [2.75, 3.05) is 12.0 Å². The third-order valence-electron chi connectivity index (χ3n) is 4.09. The largest absolute Gasteiger partial charge is 0.480 e. The van der Waals surface area contributed by atoms with Crippen LogP contribution in [0.4, 0.5) is 13.2 Å². The standard InChI is InChI=1S/C17H20F3N3O3S/c1-27-7-6-11(21)15(24)23-13(16(25)26)8-10-9-4-2-3-5-12(9)22-14(10)17(18,19)20/h2-5,11,13,22H,6-8,21H2,1H3,(H,23,24)(H,25,26). The van der Waals surface area contributed by atoms with Gasteiger partial charge >= 0.3 is 12.1 Å². The fourth-order valence-electron chi connectivity index (χ4n) is 2.71. The van der Waals surface area contributed by atoms with Gasteiger partial charge in [-0.3, -0.25) is 4.79 Å². The number of hydrogen-bond acceptors (Lipinski definition) is 4. The zero-order chi connectivity index (χ0) is 20.2. The van der Waals surface area contributed by atoms with E-state index in [0.29, 0.717) is 12.2 Å². The van der Waals surface area contributed by atoms with E-state index in [1.807, 2.05) is 6.26 Å². The Balaban J connectivity index is 2.31. The van der Waals surface area contributed by atoms with Crippen molar-refractivity contribution in [3.63, 3.8) is 0 Å². The maximum absolute atomic E-state index is 13.4. The molecule has 2 atom stereocenters. The third-order valence-corrected chi connectivity index (χ3v) is 4.73. The van der Waals surface area contributed by atoms with E-state index < -0.39 is 42.3 Å². The molecule has 10 heteroatoms. The van der Waals surface area contributed by atoms with Crippen LogP contribution in [0.25, 0.3) is 10.9 Å². The summed E-state index contributed by atoms with van der Waals surface area (Å²) in [4.78, 5) is 25.9. The van der Waals surface area contributed by atoms with Gasteiger partial charge in [0.1, 0.15) is 11.7 Å². The highest BCUT2D eigenvalue weighted by Crippen LogP contribution is 2.36. The number of amides is 1. The third kappa shape index (κ3) is 5.16. The minimum absolute atomic E-state index is 0.205. The van der Waals surface area contributed by atoms with Crippen LogP contribution >= 0.6 is 11.8 Å². The van der Waals surface area contributed by atoms with Crippen molar-refractivity contribution in [1.82, 2.24) is 10.3 Å². The molecular weight excluding hydrogens is 383 g/mol. The molecule has 0 spiro atoms. The molecule has 1 aromatic heterocycles. The summed E-state index contributed by atoms with van der Waals surface area (Å²) in [6.45, 7) is 0. The molecular formula is C17H20F3N3O3S. The fraction of sp³-hybridized carbons (Fsp3) is 0.412. The van der Waals surface area contributed by atoms with Gasteiger partial charge in [-0.05, 0) is 30.1 Å². The number of aromatic amines is 1. The lowest BCUT2D eigenvalue weighted by Crippen LogP contribution is -2.49. The second kappa shape index (κ2) is 8.66. The predicted molar refractivity (Wildman–Crippen MR) is 97.5 cm³/mol. The van der Waals surface area contributed by atoms with Crippen molar-refractivity contribution in [2.24, 2.45) is 5.73 Å². The molecule has 0 fully saturated rings. The van der Waals surface area contributed by atoms with E-state index in [1.165, 1.54) is 23.9 Å². The van der Waals surface area contributed by atoms with Crippen LogP contribution in [0.3, 0.4) is 0 Å².